The minimum absolute atomic E-state index is 0.686. The van der Waals surface area contributed by atoms with Crippen molar-refractivity contribution in [1.82, 2.24) is 0 Å². The molecule has 0 saturated carbocycles. The van der Waals surface area contributed by atoms with Gasteiger partial charge in [0.1, 0.15) is 0 Å². The molecule has 0 heterocycles. The third-order valence-corrected chi connectivity index (χ3v) is 21.3. The van der Waals surface area contributed by atoms with E-state index >= 15 is 0 Å². The van der Waals surface area contributed by atoms with Crippen LogP contribution < -0.4 is 0 Å². The van der Waals surface area contributed by atoms with E-state index in [0.29, 0.717) is 6.61 Å². The topological polar surface area (TPSA) is 9.23 Å². The minimum atomic E-state index is -2.31. The number of rotatable bonds is 15. The van der Waals surface area contributed by atoms with Crippen LogP contribution in [0.3, 0.4) is 0 Å². The molecule has 0 aliphatic rings. The molecule has 1 rings (SSSR count). The van der Waals surface area contributed by atoms with E-state index in [-0.39, 0.29) is 0 Å². The second-order valence-electron chi connectivity index (χ2n) is 7.52. The summed E-state index contributed by atoms with van der Waals surface area (Å²) in [5.41, 5.74) is 1.23. The summed E-state index contributed by atoms with van der Waals surface area (Å²) in [6.07, 6.45) is 12.4. The van der Waals surface area contributed by atoms with Gasteiger partial charge in [0.2, 0.25) is 0 Å². The van der Waals surface area contributed by atoms with E-state index in [1.165, 1.54) is 61.0 Å². The Morgan fingerprint density at radius 1 is 0.923 bits per heavy atom. The van der Waals surface area contributed by atoms with Crippen LogP contribution in [0.25, 0.3) is 6.08 Å². The molecule has 0 N–H and O–H groups in total. The number of hydrogen-bond acceptors (Lipinski definition) is 1. The van der Waals surface area contributed by atoms with E-state index in [0.717, 1.165) is 6.61 Å². The van der Waals surface area contributed by atoms with Crippen molar-refractivity contribution in [3.8, 4) is 0 Å². The quantitative estimate of drug-likeness (QED) is 0.192. The second kappa shape index (κ2) is 14.5. The molecule has 1 aromatic rings. The van der Waals surface area contributed by atoms with E-state index in [9.17, 15) is 0 Å². The summed E-state index contributed by atoms with van der Waals surface area (Å²) >= 11 is -2.31. The number of ether oxygens (including phenoxy) is 1. The molecule has 1 aromatic carbocycles. The van der Waals surface area contributed by atoms with Crippen LogP contribution in [0, 0.1) is 0 Å². The van der Waals surface area contributed by atoms with E-state index in [4.69, 9.17) is 4.74 Å². The molecule has 0 aromatic heterocycles. The second-order valence-corrected chi connectivity index (χ2v) is 21.1. The summed E-state index contributed by atoms with van der Waals surface area (Å²) in [5.74, 6) is 0. The van der Waals surface area contributed by atoms with Crippen LogP contribution in [0.4, 0.5) is 0 Å². The molecule has 146 valence electrons. The molecule has 0 amide bonds. The van der Waals surface area contributed by atoms with Gasteiger partial charge in [0.25, 0.3) is 0 Å². The van der Waals surface area contributed by atoms with Crippen LogP contribution in [0.5, 0.6) is 0 Å². The summed E-state index contributed by atoms with van der Waals surface area (Å²) in [6.45, 7) is 13.0. The Hall–Kier alpha value is -0.541. The summed E-state index contributed by atoms with van der Waals surface area (Å²) in [7, 11) is 0. The molecule has 0 aliphatic carbocycles. The molecule has 0 radical (unpaired) electrons. The van der Waals surface area contributed by atoms with Crippen molar-refractivity contribution in [1.29, 1.82) is 0 Å². The van der Waals surface area contributed by atoms with Gasteiger partial charge in [-0.1, -0.05) is 0 Å². The van der Waals surface area contributed by atoms with Gasteiger partial charge in [0.15, 0.2) is 0 Å². The van der Waals surface area contributed by atoms with Gasteiger partial charge in [-0.3, -0.25) is 0 Å². The third-order valence-electron chi connectivity index (χ3n) is 5.38. The van der Waals surface area contributed by atoms with Gasteiger partial charge >= 0.3 is 167 Å². The molecule has 0 spiro atoms. The number of unbranched alkanes of at least 4 members (excludes halogenated alkanes) is 3. The van der Waals surface area contributed by atoms with Crippen molar-refractivity contribution in [3.63, 3.8) is 0 Å². The van der Waals surface area contributed by atoms with Gasteiger partial charge in [-0.2, -0.15) is 0 Å². The first-order valence-electron chi connectivity index (χ1n) is 10.7. The zero-order chi connectivity index (χ0) is 19.1. The van der Waals surface area contributed by atoms with Gasteiger partial charge in [0, 0.05) is 0 Å². The Morgan fingerprint density at radius 3 is 1.96 bits per heavy atom. The normalized spacial score (nSPS) is 12.0. The molecule has 2 heteroatoms. The fourth-order valence-corrected chi connectivity index (χ4v) is 18.8. The van der Waals surface area contributed by atoms with Crippen molar-refractivity contribution in [2.75, 3.05) is 13.2 Å². The molecule has 0 saturated heterocycles. The monoisotopic (exact) mass is 464 g/mol. The standard InChI is InChI=1S/C12H13O.3C4H9.Sn/c1-2-10-13-11-6-9-12-7-4-3-5-8-12;3*1-3-4-2;/h3-9H,1,10-11H2;3*1,3-4H2,2H3;/b9-6+;;;;. The van der Waals surface area contributed by atoms with Crippen molar-refractivity contribution >= 4 is 24.5 Å². The first kappa shape index (κ1) is 23.5. The Labute approximate surface area is 166 Å². The molecule has 0 unspecified atom stereocenters. The molecule has 0 fully saturated rings. The zero-order valence-corrected chi connectivity index (χ0v) is 20.3. The van der Waals surface area contributed by atoms with Crippen LogP contribution in [-0.4, -0.2) is 31.6 Å². The molecule has 0 atom stereocenters. The van der Waals surface area contributed by atoms with Gasteiger partial charge in [-0.15, -0.1) is 0 Å². The first-order valence-corrected chi connectivity index (χ1v) is 18.1. The summed E-state index contributed by atoms with van der Waals surface area (Å²) in [6, 6.07) is 10.4. The van der Waals surface area contributed by atoms with Crippen LogP contribution in [0.1, 0.15) is 64.9 Å². The van der Waals surface area contributed by atoms with E-state index in [1.54, 1.807) is 0 Å². The van der Waals surface area contributed by atoms with E-state index < -0.39 is 18.4 Å². The van der Waals surface area contributed by atoms with Crippen molar-refractivity contribution in [2.45, 2.75) is 72.6 Å². The average Bonchev–Trinajstić information content (AvgIpc) is 2.68. The van der Waals surface area contributed by atoms with E-state index in [1.807, 2.05) is 6.07 Å². The van der Waals surface area contributed by atoms with Crippen molar-refractivity contribution in [3.05, 3.63) is 52.1 Å². The molecule has 26 heavy (non-hydrogen) atoms. The van der Waals surface area contributed by atoms with Gasteiger partial charge in [0.05, 0.1) is 0 Å². The van der Waals surface area contributed by atoms with Crippen LogP contribution in [0.15, 0.2) is 46.6 Å². The average molecular weight is 463 g/mol. The third kappa shape index (κ3) is 8.90. The Kier molecular flexibility index (Phi) is 13.1. The maximum absolute atomic E-state index is 6.03. The number of benzene rings is 1. The van der Waals surface area contributed by atoms with Crippen LogP contribution in [-0.2, 0) is 4.74 Å². The van der Waals surface area contributed by atoms with Crippen molar-refractivity contribution < 1.29 is 4.74 Å². The number of hydrogen-bond donors (Lipinski definition) is 0. The Morgan fingerprint density at radius 2 is 1.46 bits per heavy atom. The maximum atomic E-state index is 6.03. The SMILES string of the molecule is C=[C](COC/C=C/c1ccccc1)[Sn]([CH2]CCC)([CH2]CCC)[CH2]CCC. The molecule has 0 bridgehead atoms. The summed E-state index contributed by atoms with van der Waals surface area (Å²) in [4.78, 5) is 0. The summed E-state index contributed by atoms with van der Waals surface area (Å²) < 4.78 is 12.0. The van der Waals surface area contributed by atoms with Crippen LogP contribution in [0.2, 0.25) is 13.3 Å². The van der Waals surface area contributed by atoms with Crippen molar-refractivity contribution in [2.24, 2.45) is 0 Å². The van der Waals surface area contributed by atoms with Gasteiger partial charge in [-0.25, -0.2) is 0 Å². The fourth-order valence-electron chi connectivity index (χ4n) is 3.60. The molecular weight excluding hydrogens is 423 g/mol. The molecule has 1 nitrogen and oxygen atoms in total. The first-order chi connectivity index (χ1) is 12.7. The predicted molar refractivity (Wildman–Crippen MR) is 120 cm³/mol. The van der Waals surface area contributed by atoms with E-state index in [2.05, 4.69) is 63.8 Å². The van der Waals surface area contributed by atoms with Gasteiger partial charge < -0.3 is 0 Å². The van der Waals surface area contributed by atoms with Gasteiger partial charge in [-0.05, 0) is 0 Å². The Bertz CT molecular complexity index is 484. The molecular formula is C24H40OSn. The Balaban J connectivity index is 2.60. The molecule has 0 aliphatic heterocycles. The summed E-state index contributed by atoms with van der Waals surface area (Å²) in [5, 5.41) is 0. The predicted octanol–water partition coefficient (Wildman–Crippen LogP) is 7.66. The van der Waals surface area contributed by atoms with Crippen LogP contribution >= 0.6 is 0 Å². The fraction of sp³-hybridized carbons (Fsp3) is 0.583. The zero-order valence-electron chi connectivity index (χ0n) is 17.4.